The predicted octanol–water partition coefficient (Wildman–Crippen LogP) is 2.68. The molecule has 0 fully saturated rings. The first-order valence-electron chi connectivity index (χ1n) is 5.71. The molecule has 0 bridgehead atoms. The highest BCUT2D eigenvalue weighted by atomic mass is 16.6. The van der Waals surface area contributed by atoms with Crippen LogP contribution in [-0.4, -0.2) is 16.5 Å². The molecule has 5 nitrogen and oxygen atoms in total. The quantitative estimate of drug-likeness (QED) is 0.599. The molecule has 1 aliphatic heterocycles. The Labute approximate surface area is 104 Å². The molecule has 0 saturated heterocycles. The van der Waals surface area contributed by atoms with Crippen LogP contribution in [0, 0.1) is 10.1 Å². The summed E-state index contributed by atoms with van der Waals surface area (Å²) >= 11 is 0. The third-order valence-electron chi connectivity index (χ3n) is 3.10. The Hall–Kier alpha value is -2.43. The number of nitro groups is 1. The van der Waals surface area contributed by atoms with E-state index in [0.29, 0.717) is 0 Å². The van der Waals surface area contributed by atoms with Crippen molar-refractivity contribution < 1.29 is 4.92 Å². The zero-order valence-electron chi connectivity index (χ0n) is 9.61. The van der Waals surface area contributed by atoms with Gasteiger partial charge in [-0.15, -0.1) is 0 Å². The summed E-state index contributed by atoms with van der Waals surface area (Å²) in [4.78, 5) is 16.8. The molecule has 90 valence electrons. The fraction of sp³-hybridized carbons (Fsp3) is 0.154. The molecule has 0 atom stereocenters. The van der Waals surface area contributed by atoms with Crippen molar-refractivity contribution in [3.8, 4) is 0 Å². The summed E-state index contributed by atoms with van der Waals surface area (Å²) in [5, 5.41) is 10.7. The maximum atomic E-state index is 10.7. The van der Waals surface area contributed by atoms with Gasteiger partial charge in [-0.2, -0.15) is 0 Å². The molecule has 1 aromatic heterocycles. The standard InChI is InChI=1S/C13H11N3O2/c17-16(18)11-4-5-12-10(9-11)6-8-15(12)13-3-1-2-7-14-13/h1-5,7,9H,6,8H2. The monoisotopic (exact) mass is 241 g/mol. The Morgan fingerprint density at radius 2 is 2.17 bits per heavy atom. The molecule has 1 aromatic carbocycles. The van der Waals surface area contributed by atoms with Gasteiger partial charge in [0.25, 0.3) is 5.69 Å². The zero-order valence-corrected chi connectivity index (χ0v) is 9.61. The molecule has 0 unspecified atom stereocenters. The largest absolute Gasteiger partial charge is 0.326 e. The van der Waals surface area contributed by atoms with Crippen molar-refractivity contribution in [3.05, 3.63) is 58.3 Å². The van der Waals surface area contributed by atoms with Crippen LogP contribution in [0.5, 0.6) is 0 Å². The molecule has 0 amide bonds. The van der Waals surface area contributed by atoms with Gasteiger partial charge >= 0.3 is 0 Å². The molecule has 0 radical (unpaired) electrons. The number of hydrogen-bond acceptors (Lipinski definition) is 4. The lowest BCUT2D eigenvalue weighted by atomic mass is 10.1. The first kappa shape index (κ1) is 10.7. The van der Waals surface area contributed by atoms with Crippen LogP contribution in [0.3, 0.4) is 0 Å². The fourth-order valence-corrected chi connectivity index (χ4v) is 2.25. The van der Waals surface area contributed by atoms with Crippen LogP contribution in [0.4, 0.5) is 17.2 Å². The first-order chi connectivity index (χ1) is 8.75. The number of benzene rings is 1. The molecular formula is C13H11N3O2. The van der Waals surface area contributed by atoms with Gasteiger partial charge in [-0.3, -0.25) is 10.1 Å². The number of hydrogen-bond donors (Lipinski definition) is 0. The van der Waals surface area contributed by atoms with Crippen molar-refractivity contribution in [1.29, 1.82) is 0 Å². The Bertz CT molecular complexity index is 598. The second kappa shape index (κ2) is 4.10. The van der Waals surface area contributed by atoms with E-state index in [2.05, 4.69) is 9.88 Å². The summed E-state index contributed by atoms with van der Waals surface area (Å²) in [6.45, 7) is 0.813. The summed E-state index contributed by atoms with van der Waals surface area (Å²) in [5.41, 5.74) is 2.17. The van der Waals surface area contributed by atoms with E-state index in [4.69, 9.17) is 0 Å². The van der Waals surface area contributed by atoms with E-state index >= 15 is 0 Å². The maximum absolute atomic E-state index is 10.7. The lowest BCUT2D eigenvalue weighted by molar-refractivity contribution is -0.384. The first-order valence-corrected chi connectivity index (χ1v) is 5.71. The molecule has 0 saturated carbocycles. The third kappa shape index (κ3) is 1.69. The van der Waals surface area contributed by atoms with Crippen molar-refractivity contribution >= 4 is 17.2 Å². The third-order valence-corrected chi connectivity index (χ3v) is 3.10. The Balaban J connectivity index is 2.00. The summed E-state index contributed by atoms with van der Waals surface area (Å²) < 4.78 is 0. The summed E-state index contributed by atoms with van der Waals surface area (Å²) in [6, 6.07) is 10.7. The van der Waals surface area contributed by atoms with Gasteiger partial charge in [0.15, 0.2) is 0 Å². The average molecular weight is 241 g/mol. The van der Waals surface area contributed by atoms with E-state index in [1.807, 2.05) is 18.2 Å². The lowest BCUT2D eigenvalue weighted by Crippen LogP contribution is -2.14. The highest BCUT2D eigenvalue weighted by molar-refractivity contribution is 5.69. The minimum atomic E-state index is -0.357. The number of non-ortho nitro benzene ring substituents is 1. The Morgan fingerprint density at radius 3 is 2.89 bits per heavy atom. The second-order valence-corrected chi connectivity index (χ2v) is 4.16. The maximum Gasteiger partial charge on any atom is 0.269 e. The number of nitro benzene ring substituents is 1. The van der Waals surface area contributed by atoms with Gasteiger partial charge < -0.3 is 4.90 Å². The topological polar surface area (TPSA) is 59.3 Å². The number of aromatic nitrogens is 1. The minimum Gasteiger partial charge on any atom is -0.326 e. The van der Waals surface area contributed by atoms with Crippen LogP contribution < -0.4 is 4.90 Å². The summed E-state index contributed by atoms with van der Waals surface area (Å²) in [5.74, 6) is 0.880. The smallest absolute Gasteiger partial charge is 0.269 e. The van der Waals surface area contributed by atoms with Gasteiger partial charge in [0.1, 0.15) is 5.82 Å². The van der Waals surface area contributed by atoms with Crippen molar-refractivity contribution in [3.63, 3.8) is 0 Å². The van der Waals surface area contributed by atoms with Crippen LogP contribution in [0.2, 0.25) is 0 Å². The number of anilines is 2. The van der Waals surface area contributed by atoms with Crippen LogP contribution in [0.1, 0.15) is 5.56 Å². The molecule has 3 rings (SSSR count). The number of fused-ring (bicyclic) bond motifs is 1. The van der Waals surface area contributed by atoms with Crippen molar-refractivity contribution in [1.82, 2.24) is 4.98 Å². The molecule has 2 heterocycles. The molecule has 5 heteroatoms. The van der Waals surface area contributed by atoms with Crippen LogP contribution in [0.25, 0.3) is 0 Å². The summed E-state index contributed by atoms with van der Waals surface area (Å²) in [6.07, 6.45) is 2.56. The highest BCUT2D eigenvalue weighted by Crippen LogP contribution is 2.35. The van der Waals surface area contributed by atoms with E-state index in [1.54, 1.807) is 24.4 Å². The number of nitrogens with zero attached hydrogens (tertiary/aromatic N) is 3. The Morgan fingerprint density at radius 1 is 1.28 bits per heavy atom. The fourth-order valence-electron chi connectivity index (χ4n) is 2.25. The average Bonchev–Trinajstić information content (AvgIpc) is 2.82. The van der Waals surface area contributed by atoms with Gasteiger partial charge in [-0.25, -0.2) is 4.98 Å². The molecule has 18 heavy (non-hydrogen) atoms. The Kier molecular flexibility index (Phi) is 2.44. The molecule has 2 aromatic rings. The molecular weight excluding hydrogens is 230 g/mol. The van der Waals surface area contributed by atoms with Crippen LogP contribution >= 0.6 is 0 Å². The zero-order chi connectivity index (χ0) is 12.5. The van der Waals surface area contributed by atoms with E-state index in [9.17, 15) is 10.1 Å². The molecule has 0 N–H and O–H groups in total. The molecule has 0 aliphatic carbocycles. The van der Waals surface area contributed by atoms with Crippen molar-refractivity contribution in [2.75, 3.05) is 11.4 Å². The van der Waals surface area contributed by atoms with E-state index < -0.39 is 0 Å². The van der Waals surface area contributed by atoms with E-state index in [-0.39, 0.29) is 10.6 Å². The normalized spacial score (nSPS) is 13.4. The predicted molar refractivity (Wildman–Crippen MR) is 68.0 cm³/mol. The van der Waals surface area contributed by atoms with Crippen LogP contribution in [-0.2, 0) is 6.42 Å². The molecule has 0 spiro atoms. The molecule has 1 aliphatic rings. The van der Waals surface area contributed by atoms with Gasteiger partial charge in [0.2, 0.25) is 0 Å². The summed E-state index contributed by atoms with van der Waals surface area (Å²) in [7, 11) is 0. The van der Waals surface area contributed by atoms with Crippen LogP contribution in [0.15, 0.2) is 42.6 Å². The second-order valence-electron chi connectivity index (χ2n) is 4.16. The lowest BCUT2D eigenvalue weighted by Gasteiger charge is -2.17. The number of pyridine rings is 1. The van der Waals surface area contributed by atoms with Gasteiger partial charge in [-0.1, -0.05) is 6.07 Å². The van der Waals surface area contributed by atoms with Gasteiger partial charge in [0.05, 0.1) is 4.92 Å². The van der Waals surface area contributed by atoms with E-state index in [0.717, 1.165) is 30.0 Å². The van der Waals surface area contributed by atoms with Gasteiger partial charge in [0, 0.05) is 30.6 Å². The SMILES string of the molecule is O=[N+]([O-])c1ccc2c(c1)CCN2c1ccccn1. The van der Waals surface area contributed by atoms with Crippen molar-refractivity contribution in [2.24, 2.45) is 0 Å². The van der Waals surface area contributed by atoms with Gasteiger partial charge in [-0.05, 0) is 30.2 Å². The minimum absolute atomic E-state index is 0.150. The number of rotatable bonds is 2. The highest BCUT2D eigenvalue weighted by Gasteiger charge is 2.23. The van der Waals surface area contributed by atoms with E-state index in [1.165, 1.54) is 0 Å². The van der Waals surface area contributed by atoms with Crippen molar-refractivity contribution in [2.45, 2.75) is 6.42 Å².